The van der Waals surface area contributed by atoms with E-state index in [1.54, 1.807) is 31.3 Å². The number of nitrogens with zero attached hydrogens (tertiary/aromatic N) is 2. The van der Waals surface area contributed by atoms with Crippen LogP contribution in [0.15, 0.2) is 48.5 Å². The number of ether oxygens (including phenoxy) is 1. The second kappa shape index (κ2) is 8.16. The zero-order chi connectivity index (χ0) is 19.4. The number of anilines is 1. The Balaban J connectivity index is 1.55. The minimum Gasteiger partial charge on any atom is -0.489 e. The van der Waals surface area contributed by atoms with Crippen LogP contribution in [0.25, 0.3) is 0 Å². The Morgan fingerprint density at radius 2 is 1.81 bits per heavy atom. The van der Waals surface area contributed by atoms with Crippen molar-refractivity contribution in [3.63, 3.8) is 0 Å². The largest absolute Gasteiger partial charge is 0.489 e. The minimum atomic E-state index is -0.546. The van der Waals surface area contributed by atoms with Gasteiger partial charge in [-0.15, -0.1) is 0 Å². The molecule has 0 N–H and O–H groups in total. The van der Waals surface area contributed by atoms with E-state index >= 15 is 0 Å². The van der Waals surface area contributed by atoms with E-state index < -0.39 is 17.6 Å². The summed E-state index contributed by atoms with van der Waals surface area (Å²) in [6.45, 7) is 0.509. The van der Waals surface area contributed by atoms with Gasteiger partial charge in [0.05, 0.1) is 18.2 Å². The van der Waals surface area contributed by atoms with Crippen molar-refractivity contribution >= 4 is 17.5 Å². The topological polar surface area (TPSA) is 49.9 Å². The van der Waals surface area contributed by atoms with Crippen LogP contribution >= 0.6 is 0 Å². The van der Waals surface area contributed by atoms with Gasteiger partial charge >= 0.3 is 0 Å². The summed E-state index contributed by atoms with van der Waals surface area (Å²) in [7, 11) is 1.60. The molecule has 2 aromatic carbocycles. The first-order chi connectivity index (χ1) is 13.0. The summed E-state index contributed by atoms with van der Waals surface area (Å²) in [6, 6.07) is 12.0. The van der Waals surface area contributed by atoms with Crippen LogP contribution in [0.3, 0.4) is 0 Å². The van der Waals surface area contributed by atoms with Crippen molar-refractivity contribution < 1.29 is 23.1 Å². The van der Waals surface area contributed by atoms with Gasteiger partial charge < -0.3 is 14.5 Å². The maximum absolute atomic E-state index is 13.9. The molecule has 2 amide bonds. The van der Waals surface area contributed by atoms with Gasteiger partial charge in [0, 0.05) is 20.0 Å². The molecule has 1 saturated heterocycles. The van der Waals surface area contributed by atoms with Gasteiger partial charge in [-0.3, -0.25) is 9.59 Å². The second-order valence-corrected chi connectivity index (χ2v) is 6.40. The molecule has 1 aliphatic rings. The van der Waals surface area contributed by atoms with Crippen molar-refractivity contribution in [1.82, 2.24) is 4.90 Å². The number of hydrogen-bond acceptors (Lipinski definition) is 3. The van der Waals surface area contributed by atoms with Crippen LogP contribution < -0.4 is 9.64 Å². The number of benzene rings is 2. The van der Waals surface area contributed by atoms with Crippen molar-refractivity contribution in [2.24, 2.45) is 5.92 Å². The van der Waals surface area contributed by atoms with Crippen LogP contribution in [0.5, 0.6) is 5.75 Å². The van der Waals surface area contributed by atoms with Crippen molar-refractivity contribution in [3.05, 3.63) is 60.2 Å². The average molecular weight is 374 g/mol. The fourth-order valence-corrected chi connectivity index (χ4v) is 3.05. The lowest BCUT2D eigenvalue weighted by atomic mass is 10.1. The van der Waals surface area contributed by atoms with Crippen molar-refractivity contribution in [2.75, 3.05) is 31.6 Å². The molecule has 142 valence electrons. The standard InChI is InChI=1S/C20H20F2N2O3/c1-23(10-11-27-18-9-5-3-7-16(18)22)20(26)14-12-19(25)24(13-14)17-8-4-2-6-15(17)21/h2-9,14H,10-13H2,1H3. The summed E-state index contributed by atoms with van der Waals surface area (Å²) in [5.74, 6) is -1.89. The second-order valence-electron chi connectivity index (χ2n) is 6.40. The first-order valence-electron chi connectivity index (χ1n) is 8.64. The Labute approximate surface area is 156 Å². The molecule has 7 heteroatoms. The van der Waals surface area contributed by atoms with Gasteiger partial charge in [-0.05, 0) is 24.3 Å². The molecule has 1 heterocycles. The number of para-hydroxylation sites is 2. The molecular weight excluding hydrogens is 354 g/mol. The molecule has 3 rings (SSSR count). The van der Waals surface area contributed by atoms with Gasteiger partial charge in [0.1, 0.15) is 12.4 Å². The zero-order valence-corrected chi connectivity index (χ0v) is 14.9. The highest BCUT2D eigenvalue weighted by atomic mass is 19.1. The van der Waals surface area contributed by atoms with E-state index in [1.807, 2.05) is 0 Å². The highest BCUT2D eigenvalue weighted by Gasteiger charge is 2.37. The van der Waals surface area contributed by atoms with Crippen LogP contribution in [0.2, 0.25) is 0 Å². The van der Waals surface area contributed by atoms with E-state index in [-0.39, 0.29) is 49.4 Å². The maximum atomic E-state index is 13.9. The summed E-state index contributed by atoms with van der Waals surface area (Å²) in [5.41, 5.74) is 0.184. The van der Waals surface area contributed by atoms with Crippen LogP contribution in [-0.4, -0.2) is 43.5 Å². The van der Waals surface area contributed by atoms with E-state index in [0.29, 0.717) is 0 Å². The third-order valence-corrected chi connectivity index (χ3v) is 4.51. The Morgan fingerprint density at radius 1 is 1.15 bits per heavy atom. The summed E-state index contributed by atoms with van der Waals surface area (Å²) in [5, 5.41) is 0. The molecular formula is C20H20F2N2O3. The Hall–Kier alpha value is -2.96. The number of halogens is 2. The number of carbonyl (C=O) groups excluding carboxylic acids is 2. The number of carbonyl (C=O) groups is 2. The summed E-state index contributed by atoms with van der Waals surface area (Å²) in [6.07, 6.45) is 0.0334. The lowest BCUT2D eigenvalue weighted by Gasteiger charge is -2.22. The molecule has 0 spiro atoms. The molecule has 2 aromatic rings. The van der Waals surface area contributed by atoms with Gasteiger partial charge in [-0.2, -0.15) is 0 Å². The molecule has 0 radical (unpaired) electrons. The van der Waals surface area contributed by atoms with E-state index in [0.717, 1.165) is 0 Å². The summed E-state index contributed by atoms with van der Waals surface area (Å²) < 4.78 is 32.8. The third kappa shape index (κ3) is 4.24. The van der Waals surface area contributed by atoms with Gasteiger partial charge in [0.25, 0.3) is 0 Å². The Morgan fingerprint density at radius 3 is 2.52 bits per heavy atom. The van der Waals surface area contributed by atoms with Crippen LogP contribution in [-0.2, 0) is 9.59 Å². The Kier molecular flexibility index (Phi) is 5.69. The van der Waals surface area contributed by atoms with E-state index in [1.165, 1.54) is 34.1 Å². The zero-order valence-electron chi connectivity index (χ0n) is 14.9. The molecule has 1 fully saturated rings. The molecule has 0 saturated carbocycles. The molecule has 0 aromatic heterocycles. The minimum absolute atomic E-state index is 0.0334. The molecule has 5 nitrogen and oxygen atoms in total. The van der Waals surface area contributed by atoms with Crippen molar-refractivity contribution in [1.29, 1.82) is 0 Å². The lowest BCUT2D eigenvalue weighted by Crippen LogP contribution is -2.37. The first-order valence-corrected chi connectivity index (χ1v) is 8.64. The molecule has 27 heavy (non-hydrogen) atoms. The number of likely N-dealkylation sites (N-methyl/N-ethyl adjacent to an activating group) is 1. The summed E-state index contributed by atoms with van der Waals surface area (Å²) >= 11 is 0. The number of rotatable bonds is 6. The SMILES string of the molecule is CN(CCOc1ccccc1F)C(=O)C1CC(=O)N(c2ccccc2F)C1. The number of hydrogen-bond donors (Lipinski definition) is 0. The van der Waals surface area contributed by atoms with Crippen LogP contribution in [0.1, 0.15) is 6.42 Å². The van der Waals surface area contributed by atoms with Crippen LogP contribution in [0.4, 0.5) is 14.5 Å². The number of amides is 2. The van der Waals surface area contributed by atoms with Gasteiger partial charge in [0.2, 0.25) is 11.8 Å². The fraction of sp³-hybridized carbons (Fsp3) is 0.300. The highest BCUT2D eigenvalue weighted by molar-refractivity contribution is 6.00. The lowest BCUT2D eigenvalue weighted by molar-refractivity contribution is -0.134. The molecule has 0 aliphatic carbocycles. The summed E-state index contributed by atoms with van der Waals surface area (Å²) in [4.78, 5) is 27.6. The van der Waals surface area contributed by atoms with E-state index in [2.05, 4.69) is 0 Å². The average Bonchev–Trinajstić information content (AvgIpc) is 3.04. The third-order valence-electron chi connectivity index (χ3n) is 4.51. The van der Waals surface area contributed by atoms with E-state index in [9.17, 15) is 18.4 Å². The monoisotopic (exact) mass is 374 g/mol. The molecule has 1 atom stereocenters. The maximum Gasteiger partial charge on any atom is 0.227 e. The Bertz CT molecular complexity index is 843. The predicted octanol–water partition coefficient (Wildman–Crippen LogP) is 2.86. The van der Waals surface area contributed by atoms with Crippen LogP contribution in [0, 0.1) is 17.6 Å². The fourth-order valence-electron chi connectivity index (χ4n) is 3.05. The molecule has 1 aliphatic heterocycles. The van der Waals surface area contributed by atoms with Crippen molar-refractivity contribution in [3.8, 4) is 5.75 Å². The van der Waals surface area contributed by atoms with Gasteiger partial charge in [-0.25, -0.2) is 8.78 Å². The van der Waals surface area contributed by atoms with Gasteiger partial charge in [0.15, 0.2) is 11.6 Å². The van der Waals surface area contributed by atoms with Gasteiger partial charge in [-0.1, -0.05) is 24.3 Å². The van der Waals surface area contributed by atoms with E-state index in [4.69, 9.17) is 4.74 Å². The quantitative estimate of drug-likeness (QED) is 0.781. The first kappa shape index (κ1) is 18.8. The smallest absolute Gasteiger partial charge is 0.227 e. The normalized spacial score (nSPS) is 16.5. The predicted molar refractivity (Wildman–Crippen MR) is 96.4 cm³/mol. The van der Waals surface area contributed by atoms with Crippen molar-refractivity contribution in [2.45, 2.75) is 6.42 Å². The molecule has 1 unspecified atom stereocenters. The highest BCUT2D eigenvalue weighted by Crippen LogP contribution is 2.28. The molecule has 0 bridgehead atoms.